The van der Waals surface area contributed by atoms with Crippen molar-refractivity contribution in [3.63, 3.8) is 0 Å². The summed E-state index contributed by atoms with van der Waals surface area (Å²) in [6, 6.07) is 5.72. The Morgan fingerprint density at radius 3 is 2.12 bits per heavy atom. The highest BCUT2D eigenvalue weighted by Crippen LogP contribution is 2.20. The van der Waals surface area contributed by atoms with Crippen molar-refractivity contribution in [2.24, 2.45) is 0 Å². The minimum atomic E-state index is -3.60. The zero-order valence-corrected chi connectivity index (χ0v) is 20.2. The molecule has 0 aliphatic heterocycles. The summed E-state index contributed by atoms with van der Waals surface area (Å²) in [5.74, 6) is -1.94. The molecule has 2 aromatic rings. The maximum Gasteiger partial charge on any atom is 0.355 e. The van der Waals surface area contributed by atoms with Gasteiger partial charge in [-0.25, -0.2) is 18.0 Å². The Bertz CT molecular complexity index is 1120. The number of esters is 2. The van der Waals surface area contributed by atoms with E-state index < -0.39 is 34.5 Å². The van der Waals surface area contributed by atoms with Gasteiger partial charge in [0.1, 0.15) is 5.69 Å². The van der Waals surface area contributed by atoms with Crippen molar-refractivity contribution in [3.8, 4) is 0 Å². The van der Waals surface area contributed by atoms with E-state index in [1.807, 2.05) is 0 Å². The fourth-order valence-corrected chi connectivity index (χ4v) is 4.74. The lowest BCUT2D eigenvalue weighted by Crippen LogP contribution is -2.30. The third kappa shape index (κ3) is 5.99. The van der Waals surface area contributed by atoms with Crippen LogP contribution in [0.15, 0.2) is 29.2 Å². The van der Waals surface area contributed by atoms with E-state index in [1.165, 1.54) is 28.6 Å². The molecule has 0 unspecified atom stereocenters. The molecule has 0 bridgehead atoms. The second-order valence-corrected chi connectivity index (χ2v) is 9.02. The van der Waals surface area contributed by atoms with E-state index in [0.29, 0.717) is 30.0 Å². The molecule has 33 heavy (non-hydrogen) atoms. The lowest BCUT2D eigenvalue weighted by atomic mass is 10.1. The topological polar surface area (TPSA) is 135 Å². The Morgan fingerprint density at radius 1 is 0.970 bits per heavy atom. The molecule has 2 N–H and O–H groups in total. The van der Waals surface area contributed by atoms with Gasteiger partial charge in [-0.3, -0.25) is 4.79 Å². The summed E-state index contributed by atoms with van der Waals surface area (Å²) in [5.41, 5.74) is 1.51. The van der Waals surface area contributed by atoms with Crippen molar-refractivity contribution in [2.45, 2.75) is 39.5 Å². The van der Waals surface area contributed by atoms with Crippen LogP contribution in [-0.2, 0) is 24.3 Å². The van der Waals surface area contributed by atoms with Gasteiger partial charge in [-0.15, -0.1) is 0 Å². The number of nitrogens with zero attached hydrogens (tertiary/aromatic N) is 1. The van der Waals surface area contributed by atoms with Gasteiger partial charge in [-0.2, -0.15) is 4.31 Å². The van der Waals surface area contributed by atoms with Crippen LogP contribution in [-0.4, -0.2) is 61.9 Å². The monoisotopic (exact) mass is 479 g/mol. The molecule has 2 rings (SSSR count). The predicted octanol–water partition coefficient (Wildman–Crippen LogP) is 2.63. The second kappa shape index (κ2) is 11.1. The van der Waals surface area contributed by atoms with Crippen LogP contribution in [0.4, 0.5) is 5.69 Å². The van der Waals surface area contributed by atoms with E-state index in [1.54, 1.807) is 34.6 Å². The third-order valence-corrected chi connectivity index (χ3v) is 7.00. The van der Waals surface area contributed by atoms with Crippen molar-refractivity contribution in [3.05, 3.63) is 46.8 Å². The van der Waals surface area contributed by atoms with Gasteiger partial charge in [0.25, 0.3) is 5.91 Å². The van der Waals surface area contributed by atoms with Crippen LogP contribution in [0.5, 0.6) is 0 Å². The Kier molecular flexibility index (Phi) is 8.77. The van der Waals surface area contributed by atoms with Crippen molar-refractivity contribution >= 4 is 33.6 Å². The van der Waals surface area contributed by atoms with Crippen molar-refractivity contribution in [2.75, 3.05) is 31.6 Å². The molecule has 11 heteroatoms. The number of hydrogen-bond donors (Lipinski definition) is 2. The van der Waals surface area contributed by atoms with Gasteiger partial charge in [0, 0.05) is 24.5 Å². The molecule has 180 valence electrons. The minimum absolute atomic E-state index is 0.0642. The number of H-pyrrole nitrogens is 1. The molecule has 10 nitrogen and oxygen atoms in total. The third-order valence-electron chi connectivity index (χ3n) is 4.94. The maximum atomic E-state index is 12.5. The number of aromatic amines is 1. The molecule has 1 aromatic heterocycles. The number of carbonyl (C=O) groups excluding carboxylic acids is 3. The van der Waals surface area contributed by atoms with Gasteiger partial charge in [0.05, 0.1) is 17.1 Å². The molecule has 0 saturated heterocycles. The van der Waals surface area contributed by atoms with Gasteiger partial charge in [-0.05, 0) is 50.6 Å². The quantitative estimate of drug-likeness (QED) is 0.500. The Hall–Kier alpha value is -3.18. The molecule has 1 heterocycles. The van der Waals surface area contributed by atoms with Crippen molar-refractivity contribution < 1.29 is 32.3 Å². The minimum Gasteiger partial charge on any atom is -0.462 e. The zero-order chi connectivity index (χ0) is 24.8. The number of aromatic nitrogens is 1. The van der Waals surface area contributed by atoms with E-state index >= 15 is 0 Å². The predicted molar refractivity (Wildman–Crippen MR) is 122 cm³/mol. The van der Waals surface area contributed by atoms with E-state index in [0.717, 1.165) is 0 Å². The summed E-state index contributed by atoms with van der Waals surface area (Å²) in [5, 5.41) is 2.54. The van der Waals surface area contributed by atoms with Gasteiger partial charge >= 0.3 is 11.9 Å². The number of benzene rings is 1. The fraction of sp³-hybridized carbons (Fsp3) is 0.409. The summed E-state index contributed by atoms with van der Waals surface area (Å²) in [6.45, 7) is 8.74. The maximum absolute atomic E-state index is 12.5. The number of anilines is 1. The molecular weight excluding hydrogens is 450 g/mol. The van der Waals surface area contributed by atoms with E-state index in [2.05, 4.69) is 10.3 Å². The van der Waals surface area contributed by atoms with Crippen LogP contribution in [0.3, 0.4) is 0 Å². The first-order chi connectivity index (χ1) is 15.6. The lowest BCUT2D eigenvalue weighted by Gasteiger charge is -2.18. The largest absolute Gasteiger partial charge is 0.462 e. The molecule has 1 amide bonds. The summed E-state index contributed by atoms with van der Waals surface area (Å²) in [6.07, 6.45) is 0. The molecular formula is C22H29N3O7S. The Labute approximate surface area is 193 Å². The first kappa shape index (κ1) is 26.1. The summed E-state index contributed by atoms with van der Waals surface area (Å²) in [4.78, 5) is 39.5. The van der Waals surface area contributed by atoms with Gasteiger partial charge in [0.15, 0.2) is 6.61 Å². The van der Waals surface area contributed by atoms with Crippen LogP contribution in [0, 0.1) is 13.8 Å². The molecule has 0 aliphatic rings. The molecule has 0 saturated carbocycles. The normalized spacial score (nSPS) is 11.3. The van der Waals surface area contributed by atoms with Crippen LogP contribution in [0.1, 0.15) is 52.9 Å². The SMILES string of the molecule is CCOC(=O)c1c(C)[nH]c(C(=O)OCC(=O)Nc2ccc(S(=O)(=O)N(CC)CC)cc2)c1C. The Balaban J connectivity index is 2.00. The highest BCUT2D eigenvalue weighted by Gasteiger charge is 2.24. The van der Waals surface area contributed by atoms with E-state index in [9.17, 15) is 22.8 Å². The number of hydrogen-bond acceptors (Lipinski definition) is 7. The number of rotatable bonds is 10. The number of sulfonamides is 1. The van der Waals surface area contributed by atoms with Crippen molar-refractivity contribution in [1.82, 2.24) is 9.29 Å². The highest BCUT2D eigenvalue weighted by molar-refractivity contribution is 7.89. The highest BCUT2D eigenvalue weighted by atomic mass is 32.2. The standard InChI is InChI=1S/C22H29N3O7S/c1-6-25(7-2)33(29,30)17-11-9-16(10-12-17)24-18(26)13-32-22(28)20-14(4)19(15(5)23-20)21(27)31-8-3/h9-12,23H,6-8,13H2,1-5H3,(H,24,26). The van der Waals surface area contributed by atoms with E-state index in [-0.39, 0.29) is 22.8 Å². The summed E-state index contributed by atoms with van der Waals surface area (Å²) >= 11 is 0. The molecule has 0 aliphatic carbocycles. The first-order valence-corrected chi connectivity index (χ1v) is 11.9. The molecule has 0 radical (unpaired) electrons. The zero-order valence-electron chi connectivity index (χ0n) is 19.4. The van der Waals surface area contributed by atoms with Crippen LogP contribution in [0.2, 0.25) is 0 Å². The number of amides is 1. The number of carbonyl (C=O) groups is 3. The van der Waals surface area contributed by atoms with Gasteiger partial charge < -0.3 is 19.8 Å². The second-order valence-electron chi connectivity index (χ2n) is 7.08. The smallest absolute Gasteiger partial charge is 0.355 e. The number of aryl methyl sites for hydroxylation is 1. The Morgan fingerprint density at radius 2 is 1.58 bits per heavy atom. The summed E-state index contributed by atoms with van der Waals surface area (Å²) < 4.78 is 36.4. The average molecular weight is 480 g/mol. The van der Waals surface area contributed by atoms with Crippen molar-refractivity contribution in [1.29, 1.82) is 0 Å². The molecule has 0 atom stereocenters. The fourth-order valence-electron chi connectivity index (χ4n) is 3.29. The lowest BCUT2D eigenvalue weighted by molar-refractivity contribution is -0.119. The van der Waals surface area contributed by atoms with E-state index in [4.69, 9.17) is 9.47 Å². The molecule has 0 spiro atoms. The molecule has 0 fully saturated rings. The first-order valence-electron chi connectivity index (χ1n) is 10.5. The number of nitrogens with one attached hydrogen (secondary N) is 2. The summed E-state index contributed by atoms with van der Waals surface area (Å²) in [7, 11) is -3.60. The van der Waals surface area contributed by atoms with Gasteiger partial charge in [0.2, 0.25) is 10.0 Å². The van der Waals surface area contributed by atoms with Crippen LogP contribution < -0.4 is 5.32 Å². The van der Waals surface area contributed by atoms with Crippen LogP contribution in [0.25, 0.3) is 0 Å². The number of ether oxygens (including phenoxy) is 2. The molecule has 1 aromatic carbocycles. The van der Waals surface area contributed by atoms with Crippen LogP contribution >= 0.6 is 0 Å². The average Bonchev–Trinajstić information content (AvgIpc) is 3.07. The van der Waals surface area contributed by atoms with Gasteiger partial charge in [-0.1, -0.05) is 13.8 Å².